The Morgan fingerprint density at radius 3 is 2.69 bits per heavy atom. The van der Waals surface area contributed by atoms with Gasteiger partial charge in [0.2, 0.25) is 0 Å². The fraction of sp³-hybridized carbons (Fsp3) is 0.273. The van der Waals surface area contributed by atoms with Crippen LogP contribution in [0.3, 0.4) is 0 Å². The molecule has 0 spiro atoms. The molecule has 0 heterocycles. The molecular formula is C11H12O2. The minimum Gasteiger partial charge on any atom is -0.384 e. The van der Waals surface area contributed by atoms with Crippen LogP contribution in [0.5, 0.6) is 0 Å². The van der Waals surface area contributed by atoms with E-state index in [4.69, 9.17) is 5.11 Å². The molecule has 0 fully saturated rings. The molecule has 1 aromatic rings. The molecule has 13 heavy (non-hydrogen) atoms. The van der Waals surface area contributed by atoms with Crippen molar-refractivity contribution < 1.29 is 10.2 Å². The summed E-state index contributed by atoms with van der Waals surface area (Å²) < 4.78 is 0. The van der Waals surface area contributed by atoms with Crippen molar-refractivity contribution >= 4 is 0 Å². The van der Waals surface area contributed by atoms with Crippen molar-refractivity contribution in [2.24, 2.45) is 0 Å². The monoisotopic (exact) mass is 176 g/mol. The van der Waals surface area contributed by atoms with Gasteiger partial charge in [0, 0.05) is 0 Å². The Hall–Kier alpha value is -1.30. The predicted molar refractivity (Wildman–Crippen MR) is 51.0 cm³/mol. The Morgan fingerprint density at radius 1 is 1.38 bits per heavy atom. The van der Waals surface area contributed by atoms with Crippen LogP contribution in [0.1, 0.15) is 17.2 Å². The fourth-order valence-corrected chi connectivity index (χ4v) is 1.11. The molecule has 1 atom stereocenters. The molecular weight excluding hydrogens is 164 g/mol. The second kappa shape index (κ2) is 4.66. The maximum atomic E-state index is 9.55. The normalized spacial score (nSPS) is 11.6. The minimum absolute atomic E-state index is 0.219. The van der Waals surface area contributed by atoms with Gasteiger partial charge in [-0.15, -0.1) is 0 Å². The van der Waals surface area contributed by atoms with Gasteiger partial charge in [-0.1, -0.05) is 36.1 Å². The summed E-state index contributed by atoms with van der Waals surface area (Å²) in [4.78, 5) is 0. The molecule has 0 aliphatic carbocycles. The number of hydrogen-bond acceptors (Lipinski definition) is 2. The first-order valence-corrected chi connectivity index (χ1v) is 4.08. The molecule has 0 aliphatic rings. The van der Waals surface area contributed by atoms with Crippen LogP contribution < -0.4 is 0 Å². The van der Waals surface area contributed by atoms with E-state index >= 15 is 0 Å². The summed E-state index contributed by atoms with van der Waals surface area (Å²) in [5, 5.41) is 18.0. The van der Waals surface area contributed by atoms with Gasteiger partial charge in [0.15, 0.2) is 0 Å². The van der Waals surface area contributed by atoms with Crippen molar-refractivity contribution in [2.45, 2.75) is 13.0 Å². The maximum Gasteiger partial charge on any atom is 0.140 e. The van der Waals surface area contributed by atoms with Crippen LogP contribution in [0, 0.1) is 18.8 Å². The number of aryl methyl sites for hydroxylation is 1. The summed E-state index contributed by atoms with van der Waals surface area (Å²) in [6, 6.07) is 7.50. The standard InChI is InChI=1S/C11H12O2/c1-9-5-2-3-6-10(9)11(13)7-4-8-12/h2-3,5-6,11-13H,8H2,1H3. The third-order valence-corrected chi connectivity index (χ3v) is 1.80. The summed E-state index contributed by atoms with van der Waals surface area (Å²) >= 11 is 0. The Bertz CT molecular complexity index is 333. The van der Waals surface area contributed by atoms with Crippen LogP contribution in [-0.2, 0) is 0 Å². The lowest BCUT2D eigenvalue weighted by Crippen LogP contribution is -1.96. The summed E-state index contributed by atoms with van der Waals surface area (Å²) in [5.74, 6) is 4.97. The summed E-state index contributed by atoms with van der Waals surface area (Å²) in [5.41, 5.74) is 1.80. The predicted octanol–water partition coefficient (Wildman–Crippen LogP) is 1.02. The summed E-state index contributed by atoms with van der Waals surface area (Å²) in [7, 11) is 0. The lowest BCUT2D eigenvalue weighted by molar-refractivity contribution is 0.237. The first-order valence-electron chi connectivity index (χ1n) is 4.08. The minimum atomic E-state index is -0.798. The number of aliphatic hydroxyl groups is 2. The fourth-order valence-electron chi connectivity index (χ4n) is 1.11. The lowest BCUT2D eigenvalue weighted by Gasteiger charge is -2.06. The highest BCUT2D eigenvalue weighted by molar-refractivity contribution is 5.32. The van der Waals surface area contributed by atoms with Gasteiger partial charge in [0.05, 0.1) is 0 Å². The molecule has 1 unspecified atom stereocenters. The summed E-state index contributed by atoms with van der Waals surface area (Å²) in [6.07, 6.45) is -0.798. The van der Waals surface area contributed by atoms with E-state index in [9.17, 15) is 5.11 Å². The van der Waals surface area contributed by atoms with Gasteiger partial charge in [0.25, 0.3) is 0 Å². The van der Waals surface area contributed by atoms with E-state index < -0.39 is 6.10 Å². The highest BCUT2D eigenvalue weighted by atomic mass is 16.3. The second-order valence-electron chi connectivity index (χ2n) is 2.74. The lowest BCUT2D eigenvalue weighted by atomic mass is 10.0. The van der Waals surface area contributed by atoms with Gasteiger partial charge < -0.3 is 10.2 Å². The van der Waals surface area contributed by atoms with Gasteiger partial charge >= 0.3 is 0 Å². The molecule has 0 saturated carbocycles. The largest absolute Gasteiger partial charge is 0.384 e. The van der Waals surface area contributed by atoms with Crippen molar-refractivity contribution in [3.8, 4) is 11.8 Å². The molecule has 1 rings (SSSR count). The molecule has 2 heteroatoms. The van der Waals surface area contributed by atoms with E-state index in [-0.39, 0.29) is 6.61 Å². The SMILES string of the molecule is Cc1ccccc1C(O)C#CCO. The molecule has 0 aromatic heterocycles. The van der Waals surface area contributed by atoms with E-state index in [2.05, 4.69) is 11.8 Å². The Morgan fingerprint density at radius 2 is 2.08 bits per heavy atom. The zero-order valence-electron chi connectivity index (χ0n) is 7.49. The van der Waals surface area contributed by atoms with Gasteiger partial charge in [-0.25, -0.2) is 0 Å². The van der Waals surface area contributed by atoms with Gasteiger partial charge in [-0.2, -0.15) is 0 Å². The van der Waals surface area contributed by atoms with Crippen molar-refractivity contribution in [2.75, 3.05) is 6.61 Å². The average Bonchev–Trinajstić information content (AvgIpc) is 2.15. The molecule has 0 bridgehead atoms. The van der Waals surface area contributed by atoms with E-state index in [1.54, 1.807) is 0 Å². The Labute approximate surface area is 77.8 Å². The first kappa shape index (κ1) is 9.79. The zero-order valence-corrected chi connectivity index (χ0v) is 7.49. The number of benzene rings is 1. The van der Waals surface area contributed by atoms with Crippen molar-refractivity contribution in [3.63, 3.8) is 0 Å². The molecule has 0 aliphatic heterocycles. The molecule has 2 N–H and O–H groups in total. The van der Waals surface area contributed by atoms with Gasteiger partial charge in [-0.05, 0) is 18.1 Å². The smallest absolute Gasteiger partial charge is 0.140 e. The molecule has 2 nitrogen and oxygen atoms in total. The topological polar surface area (TPSA) is 40.5 Å². The third kappa shape index (κ3) is 2.59. The van der Waals surface area contributed by atoms with E-state index in [1.165, 1.54) is 0 Å². The van der Waals surface area contributed by atoms with Crippen LogP contribution in [0.15, 0.2) is 24.3 Å². The molecule has 68 valence electrons. The second-order valence-corrected chi connectivity index (χ2v) is 2.74. The molecule has 0 radical (unpaired) electrons. The average molecular weight is 176 g/mol. The van der Waals surface area contributed by atoms with Crippen LogP contribution in [-0.4, -0.2) is 16.8 Å². The van der Waals surface area contributed by atoms with Crippen molar-refractivity contribution in [1.29, 1.82) is 0 Å². The number of aliphatic hydroxyl groups excluding tert-OH is 2. The molecule has 0 saturated heterocycles. The molecule has 0 amide bonds. The Balaban J connectivity index is 2.88. The van der Waals surface area contributed by atoms with Crippen LogP contribution in [0.4, 0.5) is 0 Å². The van der Waals surface area contributed by atoms with E-state index in [0.29, 0.717) is 0 Å². The number of rotatable bonds is 1. The highest BCUT2D eigenvalue weighted by Crippen LogP contribution is 2.15. The quantitative estimate of drug-likeness (QED) is 0.627. The van der Waals surface area contributed by atoms with Gasteiger partial charge in [0.1, 0.15) is 12.7 Å². The van der Waals surface area contributed by atoms with Crippen LogP contribution in [0.2, 0.25) is 0 Å². The number of hydrogen-bond donors (Lipinski definition) is 2. The van der Waals surface area contributed by atoms with Crippen LogP contribution >= 0.6 is 0 Å². The molecule has 1 aromatic carbocycles. The van der Waals surface area contributed by atoms with E-state index in [0.717, 1.165) is 11.1 Å². The van der Waals surface area contributed by atoms with E-state index in [1.807, 2.05) is 31.2 Å². The summed E-state index contributed by atoms with van der Waals surface area (Å²) in [6.45, 7) is 1.70. The van der Waals surface area contributed by atoms with Crippen molar-refractivity contribution in [3.05, 3.63) is 35.4 Å². The first-order chi connectivity index (χ1) is 6.25. The Kier molecular flexibility index (Phi) is 3.51. The third-order valence-electron chi connectivity index (χ3n) is 1.80. The maximum absolute atomic E-state index is 9.55. The van der Waals surface area contributed by atoms with Crippen molar-refractivity contribution in [1.82, 2.24) is 0 Å². The van der Waals surface area contributed by atoms with Crippen LogP contribution in [0.25, 0.3) is 0 Å². The van der Waals surface area contributed by atoms with Gasteiger partial charge in [-0.3, -0.25) is 0 Å². The highest BCUT2D eigenvalue weighted by Gasteiger charge is 2.04. The zero-order chi connectivity index (χ0) is 9.68.